The summed E-state index contributed by atoms with van der Waals surface area (Å²) in [5, 5.41) is 0. The lowest BCUT2D eigenvalue weighted by Gasteiger charge is -2.19. The zero-order valence-corrected chi connectivity index (χ0v) is 22.0. The second kappa shape index (κ2) is 13.9. The summed E-state index contributed by atoms with van der Waals surface area (Å²) in [5.74, 6) is 1.72. The van der Waals surface area contributed by atoms with E-state index in [1.807, 2.05) is 0 Å². The van der Waals surface area contributed by atoms with Crippen molar-refractivity contribution in [2.24, 2.45) is 0 Å². The third-order valence-electron chi connectivity index (χ3n) is 4.55. The molecular formula is C26H21N5O6P2. The van der Waals surface area contributed by atoms with Crippen molar-refractivity contribution < 1.29 is 27.1 Å². The van der Waals surface area contributed by atoms with E-state index >= 15 is 0 Å². The van der Waals surface area contributed by atoms with Gasteiger partial charge in [0.15, 0.2) is 5.75 Å². The lowest BCUT2D eigenvalue weighted by atomic mass is 10.3. The number of nitrogens with zero attached hydrogens (tertiary/aromatic N) is 5. The van der Waals surface area contributed by atoms with E-state index in [1.165, 1.54) is 0 Å². The summed E-state index contributed by atoms with van der Waals surface area (Å²) in [6.45, 7) is -0.0160. The minimum absolute atomic E-state index is 0.0160. The zero-order valence-electron chi connectivity index (χ0n) is 20.3. The van der Waals surface area contributed by atoms with Crippen molar-refractivity contribution in [3.63, 3.8) is 0 Å². The molecule has 5 rings (SSSR count). The lowest BCUT2D eigenvalue weighted by molar-refractivity contribution is 0.246. The average molecular weight is 561 g/mol. The molecule has 0 atom stereocenters. The highest BCUT2D eigenvalue weighted by Gasteiger charge is 2.25. The van der Waals surface area contributed by atoms with E-state index in [4.69, 9.17) is 27.1 Å². The van der Waals surface area contributed by atoms with Crippen LogP contribution in [0.2, 0.25) is 0 Å². The van der Waals surface area contributed by atoms with Crippen LogP contribution < -0.4 is 22.6 Å². The molecule has 0 fully saturated rings. The van der Waals surface area contributed by atoms with Gasteiger partial charge in [0.05, 0.1) is 0 Å². The average Bonchev–Trinajstić information content (AvgIpc) is 2.99. The van der Waals surface area contributed by atoms with E-state index in [9.17, 15) is 0 Å². The molecule has 0 bridgehead atoms. The molecule has 5 aromatic heterocycles. The van der Waals surface area contributed by atoms with Gasteiger partial charge in [0.2, 0.25) is 23.5 Å². The van der Waals surface area contributed by atoms with Crippen molar-refractivity contribution in [1.29, 1.82) is 0 Å². The predicted molar refractivity (Wildman–Crippen MR) is 143 cm³/mol. The van der Waals surface area contributed by atoms with Crippen LogP contribution in [0.4, 0.5) is 0 Å². The first-order chi connectivity index (χ1) is 19.3. The minimum atomic E-state index is -2.01. The monoisotopic (exact) mass is 561 g/mol. The first-order valence-corrected chi connectivity index (χ1v) is 13.7. The van der Waals surface area contributed by atoms with Crippen LogP contribution in [0.1, 0.15) is 5.69 Å². The summed E-state index contributed by atoms with van der Waals surface area (Å²) >= 11 is 0. The van der Waals surface area contributed by atoms with E-state index in [-0.39, 0.29) is 6.61 Å². The first-order valence-electron chi connectivity index (χ1n) is 11.5. The van der Waals surface area contributed by atoms with Crippen LogP contribution >= 0.6 is 17.2 Å². The Bertz CT molecular complexity index is 1330. The molecule has 0 aromatic carbocycles. The predicted octanol–water partition coefficient (Wildman–Crippen LogP) is 6.33. The van der Waals surface area contributed by atoms with E-state index in [0.29, 0.717) is 35.0 Å². The summed E-state index contributed by atoms with van der Waals surface area (Å²) in [6, 6.07) is 24.6. The number of hydrogen-bond acceptors (Lipinski definition) is 11. The van der Waals surface area contributed by atoms with Gasteiger partial charge in [0, 0.05) is 55.2 Å². The summed E-state index contributed by atoms with van der Waals surface area (Å²) < 4.78 is 35.6. The number of pyridine rings is 5. The van der Waals surface area contributed by atoms with E-state index in [2.05, 4.69) is 24.9 Å². The van der Waals surface area contributed by atoms with Crippen LogP contribution in [-0.2, 0) is 11.1 Å². The van der Waals surface area contributed by atoms with Crippen LogP contribution in [0, 0.1) is 0 Å². The Hall–Kier alpha value is -4.43. The first kappa shape index (κ1) is 26.2. The highest BCUT2D eigenvalue weighted by molar-refractivity contribution is 7.43. The Morgan fingerprint density at radius 1 is 0.436 bits per heavy atom. The molecule has 0 aliphatic rings. The third-order valence-corrected chi connectivity index (χ3v) is 6.58. The Balaban J connectivity index is 1.32. The standard InChI is InChI=1S/C26H21N5O6P2/c1-5-15-28-23(11-1)34-38(35-24-12-2-6-16-29-24)32-20-21-22(10-9-19-27-21)33-39(36-25-13-3-7-17-30-25)37-26-14-4-8-18-31-26/h1-19H,20H2. The molecule has 0 spiro atoms. The minimum Gasteiger partial charge on any atom is -0.406 e. The quantitative estimate of drug-likeness (QED) is 0.150. The van der Waals surface area contributed by atoms with E-state index in [1.54, 1.807) is 116 Å². The van der Waals surface area contributed by atoms with Gasteiger partial charge in [0.1, 0.15) is 12.3 Å². The van der Waals surface area contributed by atoms with Gasteiger partial charge in [-0.05, 0) is 36.4 Å². The van der Waals surface area contributed by atoms with Gasteiger partial charge in [-0.25, -0.2) is 19.9 Å². The summed E-state index contributed by atoms with van der Waals surface area (Å²) in [5.41, 5.74) is 0.459. The molecule has 5 aromatic rings. The normalized spacial score (nSPS) is 10.7. The molecule has 0 N–H and O–H groups in total. The fourth-order valence-electron chi connectivity index (χ4n) is 2.85. The maximum atomic E-state index is 6.12. The van der Waals surface area contributed by atoms with E-state index in [0.717, 1.165) is 0 Å². The Morgan fingerprint density at radius 3 is 1.31 bits per heavy atom. The van der Waals surface area contributed by atoms with Crippen molar-refractivity contribution in [3.05, 3.63) is 122 Å². The zero-order chi connectivity index (χ0) is 26.5. The van der Waals surface area contributed by atoms with Crippen molar-refractivity contribution in [3.8, 4) is 29.3 Å². The van der Waals surface area contributed by atoms with Crippen molar-refractivity contribution in [2.45, 2.75) is 6.61 Å². The Kier molecular flexibility index (Phi) is 9.35. The maximum Gasteiger partial charge on any atom is 0.532 e. The molecule has 196 valence electrons. The molecule has 11 nitrogen and oxygen atoms in total. The molecule has 0 aliphatic carbocycles. The fourth-order valence-corrected chi connectivity index (χ4v) is 4.70. The second-order valence-electron chi connectivity index (χ2n) is 7.30. The molecule has 0 amide bonds. The van der Waals surface area contributed by atoms with Crippen molar-refractivity contribution >= 4 is 17.2 Å². The molecule has 0 unspecified atom stereocenters. The molecular weight excluding hydrogens is 540 g/mol. The van der Waals surface area contributed by atoms with Crippen LogP contribution in [-0.4, -0.2) is 24.9 Å². The molecule has 0 saturated carbocycles. The molecule has 5 heterocycles. The molecule has 39 heavy (non-hydrogen) atoms. The summed E-state index contributed by atoms with van der Waals surface area (Å²) in [7, 11) is -3.96. The number of aromatic nitrogens is 5. The highest BCUT2D eigenvalue weighted by atomic mass is 31.2. The SMILES string of the molecule is c1ccc(OP(OCc2ncccc2OP(Oc2ccccn2)Oc2ccccn2)Oc2ccccn2)nc1. The molecule has 0 aliphatic heterocycles. The molecule has 0 radical (unpaired) electrons. The third kappa shape index (κ3) is 8.28. The molecule has 0 saturated heterocycles. The van der Waals surface area contributed by atoms with Gasteiger partial charge in [0.25, 0.3) is 0 Å². The number of hydrogen-bond donors (Lipinski definition) is 0. The topological polar surface area (TPSA) is 120 Å². The number of rotatable bonds is 13. The Labute approximate surface area is 226 Å². The molecule has 13 heteroatoms. The van der Waals surface area contributed by atoms with Crippen LogP contribution in [0.5, 0.6) is 29.3 Å². The fraction of sp³-hybridized carbons (Fsp3) is 0.0385. The van der Waals surface area contributed by atoms with Gasteiger partial charge in [-0.15, -0.1) is 0 Å². The van der Waals surface area contributed by atoms with Gasteiger partial charge in [-0.1, -0.05) is 24.3 Å². The van der Waals surface area contributed by atoms with Crippen LogP contribution in [0.3, 0.4) is 0 Å². The van der Waals surface area contributed by atoms with Crippen LogP contribution in [0.15, 0.2) is 116 Å². The van der Waals surface area contributed by atoms with Crippen LogP contribution in [0.25, 0.3) is 0 Å². The highest BCUT2D eigenvalue weighted by Crippen LogP contribution is 2.44. The Morgan fingerprint density at radius 2 is 0.872 bits per heavy atom. The summed E-state index contributed by atoms with van der Waals surface area (Å²) in [6.07, 6.45) is 8.06. The summed E-state index contributed by atoms with van der Waals surface area (Å²) in [4.78, 5) is 21.2. The largest absolute Gasteiger partial charge is 0.532 e. The van der Waals surface area contributed by atoms with E-state index < -0.39 is 17.2 Å². The van der Waals surface area contributed by atoms with Gasteiger partial charge in [-0.2, -0.15) is 0 Å². The van der Waals surface area contributed by atoms with Gasteiger partial charge >= 0.3 is 17.2 Å². The second-order valence-corrected chi connectivity index (χ2v) is 9.36. The van der Waals surface area contributed by atoms with Crippen molar-refractivity contribution in [1.82, 2.24) is 24.9 Å². The maximum absolute atomic E-state index is 6.12. The van der Waals surface area contributed by atoms with Gasteiger partial charge < -0.3 is 22.6 Å². The lowest BCUT2D eigenvalue weighted by Crippen LogP contribution is -2.07. The van der Waals surface area contributed by atoms with Crippen molar-refractivity contribution in [2.75, 3.05) is 0 Å². The smallest absolute Gasteiger partial charge is 0.406 e. The van der Waals surface area contributed by atoms with Gasteiger partial charge in [-0.3, -0.25) is 9.51 Å².